The first-order valence-corrected chi connectivity index (χ1v) is 13.7. The Morgan fingerprint density at radius 3 is 2.46 bits per heavy atom. The summed E-state index contributed by atoms with van der Waals surface area (Å²) < 4.78 is 6.28. The lowest BCUT2D eigenvalue weighted by molar-refractivity contribution is -0.117. The normalized spacial score (nSPS) is 11.0. The molecule has 0 saturated carbocycles. The van der Waals surface area contributed by atoms with Gasteiger partial charge in [-0.15, -0.1) is 11.3 Å². The van der Waals surface area contributed by atoms with Crippen molar-refractivity contribution in [1.82, 2.24) is 4.98 Å². The van der Waals surface area contributed by atoms with Gasteiger partial charge >= 0.3 is 0 Å². The molecular weight excluding hydrogens is 504 g/mol. The Balaban J connectivity index is 1.31. The molecule has 0 atom stereocenters. The highest BCUT2D eigenvalue weighted by Gasteiger charge is 2.19. The number of carbonyl (C=O) groups excluding carboxylic acids is 2. The first-order valence-electron chi connectivity index (χ1n) is 12.8. The number of aryl methyl sites for hydroxylation is 2. The Labute approximate surface area is 232 Å². The van der Waals surface area contributed by atoms with Crippen LogP contribution in [0, 0.1) is 20.8 Å². The summed E-state index contributed by atoms with van der Waals surface area (Å²) in [4.78, 5) is 33.9. The van der Waals surface area contributed by atoms with Crippen molar-refractivity contribution < 1.29 is 14.3 Å². The number of fused-ring (bicyclic) bond motifs is 1. The molecule has 0 fully saturated rings. The monoisotopic (exact) mass is 534 g/mol. The smallest absolute Gasteiger partial charge is 0.231 e. The minimum atomic E-state index is -0.0388. The SMILES string of the molecule is Cc1ccc2cccc(OCc3c(C)ccc(N(C)C(=O)Cc4ccc(C(=O)c5ccccc5)s4)c3C)c2n1. The highest BCUT2D eigenvalue weighted by Crippen LogP contribution is 2.30. The third-order valence-corrected chi connectivity index (χ3v) is 8.06. The van der Waals surface area contributed by atoms with Gasteiger partial charge in [0.25, 0.3) is 0 Å². The van der Waals surface area contributed by atoms with Gasteiger partial charge in [-0.1, -0.05) is 54.6 Å². The van der Waals surface area contributed by atoms with Crippen LogP contribution in [0.4, 0.5) is 5.69 Å². The molecule has 196 valence electrons. The van der Waals surface area contributed by atoms with Crippen LogP contribution < -0.4 is 9.64 Å². The molecule has 5 nitrogen and oxygen atoms in total. The van der Waals surface area contributed by atoms with Crippen molar-refractivity contribution in [2.45, 2.75) is 33.8 Å². The molecule has 39 heavy (non-hydrogen) atoms. The van der Waals surface area contributed by atoms with E-state index in [-0.39, 0.29) is 18.1 Å². The Bertz CT molecular complexity index is 1670. The molecule has 0 spiro atoms. The standard InChI is InChI=1S/C33H30N2O3S/c1-21-13-17-28(23(3)27(21)20-38-29-12-8-11-24-15-14-22(2)34-32(24)29)35(4)31(36)19-26-16-18-30(39-26)33(37)25-9-6-5-7-10-25/h5-18H,19-20H2,1-4H3. The minimum Gasteiger partial charge on any atom is -0.487 e. The first-order chi connectivity index (χ1) is 18.8. The van der Waals surface area contributed by atoms with E-state index in [1.807, 2.05) is 74.5 Å². The number of anilines is 1. The predicted molar refractivity (Wildman–Crippen MR) is 158 cm³/mol. The number of likely N-dealkylation sites (N-methyl/N-ethyl adjacent to an activating group) is 1. The molecule has 5 aromatic rings. The van der Waals surface area contributed by atoms with E-state index in [1.54, 1.807) is 30.1 Å². The number of benzene rings is 3. The molecule has 0 saturated heterocycles. The van der Waals surface area contributed by atoms with Crippen LogP contribution in [-0.2, 0) is 17.8 Å². The van der Waals surface area contributed by atoms with Crippen molar-refractivity contribution in [3.63, 3.8) is 0 Å². The zero-order valence-electron chi connectivity index (χ0n) is 22.5. The molecule has 0 unspecified atom stereocenters. The predicted octanol–water partition coefficient (Wildman–Crippen LogP) is 7.24. The fraction of sp³-hybridized carbons (Fsp3) is 0.182. The maximum atomic E-state index is 13.3. The number of amides is 1. The van der Waals surface area contributed by atoms with E-state index in [0.717, 1.165) is 49.6 Å². The molecule has 3 aromatic carbocycles. The third kappa shape index (κ3) is 5.61. The molecule has 0 bridgehead atoms. The number of aromatic nitrogens is 1. The highest BCUT2D eigenvalue weighted by molar-refractivity contribution is 7.14. The van der Waals surface area contributed by atoms with E-state index < -0.39 is 0 Å². The molecule has 0 N–H and O–H groups in total. The van der Waals surface area contributed by atoms with Gasteiger partial charge in [0.15, 0.2) is 0 Å². The topological polar surface area (TPSA) is 59.5 Å². The van der Waals surface area contributed by atoms with Gasteiger partial charge in [-0.3, -0.25) is 9.59 Å². The summed E-state index contributed by atoms with van der Waals surface area (Å²) in [6.45, 7) is 6.43. The quantitative estimate of drug-likeness (QED) is 0.197. The average Bonchev–Trinajstić information content (AvgIpc) is 3.41. The van der Waals surface area contributed by atoms with E-state index >= 15 is 0 Å². The number of ether oxygens (including phenoxy) is 1. The number of para-hydroxylation sites is 1. The van der Waals surface area contributed by atoms with E-state index in [9.17, 15) is 9.59 Å². The summed E-state index contributed by atoms with van der Waals surface area (Å²) in [7, 11) is 1.80. The number of carbonyl (C=O) groups is 2. The number of pyridine rings is 1. The molecule has 0 aliphatic rings. The van der Waals surface area contributed by atoms with Gasteiger partial charge < -0.3 is 9.64 Å². The second kappa shape index (κ2) is 11.2. The van der Waals surface area contributed by atoms with Gasteiger partial charge in [0.05, 0.1) is 11.3 Å². The highest BCUT2D eigenvalue weighted by atomic mass is 32.1. The van der Waals surface area contributed by atoms with Crippen molar-refractivity contribution in [2.75, 3.05) is 11.9 Å². The average molecular weight is 535 g/mol. The van der Waals surface area contributed by atoms with E-state index in [1.165, 1.54) is 11.3 Å². The number of nitrogens with zero attached hydrogens (tertiary/aromatic N) is 2. The lowest BCUT2D eigenvalue weighted by Gasteiger charge is -2.23. The summed E-state index contributed by atoms with van der Waals surface area (Å²) in [5, 5.41) is 1.04. The Kier molecular flexibility index (Phi) is 7.57. The number of thiophene rings is 1. The Hall–Kier alpha value is -4.29. The minimum absolute atomic E-state index is 0.0248. The van der Waals surface area contributed by atoms with Crippen molar-refractivity contribution in [3.8, 4) is 5.75 Å². The zero-order valence-corrected chi connectivity index (χ0v) is 23.3. The number of ketones is 1. The number of hydrogen-bond acceptors (Lipinski definition) is 5. The molecular formula is C33H30N2O3S. The van der Waals surface area contributed by atoms with Crippen LogP contribution in [0.5, 0.6) is 5.75 Å². The molecule has 6 heteroatoms. The van der Waals surface area contributed by atoms with Crippen molar-refractivity contribution in [2.24, 2.45) is 0 Å². The van der Waals surface area contributed by atoms with E-state index in [0.29, 0.717) is 17.0 Å². The Morgan fingerprint density at radius 2 is 1.67 bits per heavy atom. The second-order valence-corrected chi connectivity index (χ2v) is 10.8. The second-order valence-electron chi connectivity index (χ2n) is 9.66. The first kappa shape index (κ1) is 26.3. The summed E-state index contributed by atoms with van der Waals surface area (Å²) in [5.74, 6) is 0.676. The van der Waals surface area contributed by atoms with Crippen LogP contribution >= 0.6 is 11.3 Å². The lowest BCUT2D eigenvalue weighted by atomic mass is 10.0. The fourth-order valence-electron chi connectivity index (χ4n) is 4.68. The largest absolute Gasteiger partial charge is 0.487 e. The van der Waals surface area contributed by atoms with Crippen LogP contribution in [0.3, 0.4) is 0 Å². The van der Waals surface area contributed by atoms with Crippen LogP contribution in [0.15, 0.2) is 84.9 Å². The van der Waals surface area contributed by atoms with Gasteiger partial charge in [0.1, 0.15) is 17.9 Å². The van der Waals surface area contributed by atoms with Crippen LogP contribution in [0.1, 0.15) is 42.5 Å². The number of hydrogen-bond donors (Lipinski definition) is 0. The molecule has 0 aliphatic heterocycles. The van der Waals surface area contributed by atoms with Gasteiger partial charge in [0.2, 0.25) is 11.7 Å². The summed E-state index contributed by atoms with van der Waals surface area (Å²) in [6, 6.07) is 26.9. The van der Waals surface area contributed by atoms with Gasteiger partial charge in [-0.05, 0) is 67.8 Å². The molecule has 0 radical (unpaired) electrons. The maximum absolute atomic E-state index is 13.3. The molecule has 2 aromatic heterocycles. The summed E-state index contributed by atoms with van der Waals surface area (Å²) in [5.41, 5.74) is 6.42. The zero-order chi connectivity index (χ0) is 27.5. The van der Waals surface area contributed by atoms with Crippen LogP contribution in [0.2, 0.25) is 0 Å². The molecule has 1 amide bonds. The summed E-state index contributed by atoms with van der Waals surface area (Å²) >= 11 is 1.37. The van der Waals surface area contributed by atoms with E-state index in [4.69, 9.17) is 4.74 Å². The number of rotatable bonds is 8. The van der Waals surface area contributed by atoms with Crippen LogP contribution in [-0.4, -0.2) is 23.7 Å². The molecule has 2 heterocycles. The lowest BCUT2D eigenvalue weighted by Crippen LogP contribution is -2.28. The van der Waals surface area contributed by atoms with E-state index in [2.05, 4.69) is 18.0 Å². The van der Waals surface area contributed by atoms with Crippen LogP contribution in [0.25, 0.3) is 10.9 Å². The van der Waals surface area contributed by atoms with Gasteiger partial charge in [0, 0.05) is 34.3 Å². The van der Waals surface area contributed by atoms with Gasteiger partial charge in [-0.25, -0.2) is 4.98 Å². The van der Waals surface area contributed by atoms with Gasteiger partial charge in [-0.2, -0.15) is 0 Å². The van der Waals surface area contributed by atoms with Crippen molar-refractivity contribution in [3.05, 3.63) is 123 Å². The maximum Gasteiger partial charge on any atom is 0.231 e. The molecule has 5 rings (SSSR count). The van der Waals surface area contributed by atoms with Crippen molar-refractivity contribution in [1.29, 1.82) is 0 Å². The third-order valence-electron chi connectivity index (χ3n) is 6.98. The fourth-order valence-corrected chi connectivity index (χ4v) is 5.64. The summed E-state index contributed by atoms with van der Waals surface area (Å²) in [6.07, 6.45) is 0.226. The van der Waals surface area contributed by atoms with Crippen molar-refractivity contribution >= 4 is 39.6 Å². The Morgan fingerprint density at radius 1 is 0.872 bits per heavy atom. The molecule has 0 aliphatic carbocycles.